The molecule has 0 spiro atoms. The smallest absolute Gasteiger partial charge is 0.191 e. The highest BCUT2D eigenvalue weighted by Gasteiger charge is 2.35. The maximum absolute atomic E-state index is 13.5. The van der Waals surface area contributed by atoms with Crippen molar-refractivity contribution < 1.29 is 8.78 Å². The molecule has 0 amide bonds. The van der Waals surface area contributed by atoms with Gasteiger partial charge in [-0.3, -0.25) is 0 Å². The number of nitrogens with zero attached hydrogens (tertiary/aromatic N) is 1. The predicted molar refractivity (Wildman–Crippen MR) is 64.1 cm³/mol. The molecule has 3 heteroatoms. The Bertz CT molecular complexity index is 453. The van der Waals surface area contributed by atoms with Gasteiger partial charge in [-0.1, -0.05) is 32.9 Å². The second-order valence-electron chi connectivity index (χ2n) is 5.42. The van der Waals surface area contributed by atoms with E-state index in [0.717, 1.165) is 11.6 Å². The number of aryl methyl sites for hydroxylation is 2. The summed E-state index contributed by atoms with van der Waals surface area (Å²) in [5.74, 6) is -3.41. The minimum Gasteiger partial charge on any atom is -0.191 e. The van der Waals surface area contributed by atoms with Gasteiger partial charge < -0.3 is 0 Å². The quantitative estimate of drug-likeness (QED) is 0.717. The highest BCUT2D eigenvalue weighted by molar-refractivity contribution is 5.44. The fourth-order valence-electron chi connectivity index (χ4n) is 1.95. The maximum atomic E-state index is 13.5. The van der Waals surface area contributed by atoms with Crippen LogP contribution in [0.5, 0.6) is 0 Å². The molecule has 0 aliphatic heterocycles. The van der Waals surface area contributed by atoms with Crippen LogP contribution in [0.3, 0.4) is 0 Å². The fourth-order valence-corrected chi connectivity index (χ4v) is 1.95. The van der Waals surface area contributed by atoms with Gasteiger partial charge in [0.05, 0.1) is 0 Å². The van der Waals surface area contributed by atoms with Crippen LogP contribution < -0.4 is 0 Å². The van der Waals surface area contributed by atoms with Crippen LogP contribution in [0, 0.1) is 25.2 Å². The van der Waals surface area contributed by atoms with E-state index < -0.39 is 5.92 Å². The lowest BCUT2D eigenvalue weighted by Gasteiger charge is -2.23. The van der Waals surface area contributed by atoms with Gasteiger partial charge in [-0.2, -0.15) is 14.0 Å². The Morgan fingerprint density at radius 2 is 1.47 bits per heavy atom. The number of hydrogen-bond acceptors (Lipinski definition) is 1. The number of hydrogen-bond donors (Lipinski definition) is 0. The number of nitriles is 1. The SMILES string of the molecule is Cc1cc(C(C)(C)C)cc(C)c1C(F)(F)C#N. The predicted octanol–water partition coefficient (Wildman–Crippen LogP) is 4.22. The van der Waals surface area contributed by atoms with Crippen LogP contribution in [-0.4, -0.2) is 0 Å². The lowest BCUT2D eigenvalue weighted by molar-refractivity contribution is 0.0598. The first-order valence-electron chi connectivity index (χ1n) is 5.51. The molecule has 1 aromatic rings. The van der Waals surface area contributed by atoms with E-state index in [2.05, 4.69) is 0 Å². The summed E-state index contributed by atoms with van der Waals surface area (Å²) in [6, 6.07) is 4.55. The van der Waals surface area contributed by atoms with E-state index in [0.29, 0.717) is 11.1 Å². The van der Waals surface area contributed by atoms with Gasteiger partial charge in [0.25, 0.3) is 0 Å². The van der Waals surface area contributed by atoms with Crippen molar-refractivity contribution in [3.63, 3.8) is 0 Å². The van der Waals surface area contributed by atoms with Crippen LogP contribution in [0.1, 0.15) is 43.0 Å². The third-order valence-corrected chi connectivity index (χ3v) is 2.85. The highest BCUT2D eigenvalue weighted by Crippen LogP contribution is 2.35. The highest BCUT2D eigenvalue weighted by atomic mass is 19.3. The molecule has 17 heavy (non-hydrogen) atoms. The lowest BCUT2D eigenvalue weighted by atomic mass is 9.83. The first kappa shape index (κ1) is 13.6. The number of rotatable bonds is 1. The van der Waals surface area contributed by atoms with Gasteiger partial charge in [0, 0.05) is 5.56 Å². The van der Waals surface area contributed by atoms with Gasteiger partial charge in [-0.05, 0) is 36.0 Å². The summed E-state index contributed by atoms with van der Waals surface area (Å²) in [6.07, 6.45) is 0. The molecule has 0 bridgehead atoms. The molecule has 0 atom stereocenters. The molecule has 0 fully saturated rings. The Morgan fingerprint density at radius 1 is 1.06 bits per heavy atom. The Kier molecular flexibility index (Phi) is 3.29. The van der Waals surface area contributed by atoms with E-state index in [1.807, 2.05) is 20.8 Å². The first-order chi connectivity index (χ1) is 7.59. The Morgan fingerprint density at radius 3 is 1.76 bits per heavy atom. The Balaban J connectivity index is 3.47. The normalized spacial score (nSPS) is 12.4. The van der Waals surface area contributed by atoms with Gasteiger partial charge >= 0.3 is 5.92 Å². The number of halogens is 2. The van der Waals surface area contributed by atoms with Crippen molar-refractivity contribution in [3.8, 4) is 6.07 Å². The topological polar surface area (TPSA) is 23.8 Å². The third-order valence-electron chi connectivity index (χ3n) is 2.85. The number of benzene rings is 1. The summed E-state index contributed by atoms with van der Waals surface area (Å²) in [7, 11) is 0. The zero-order chi connectivity index (χ0) is 13.4. The second kappa shape index (κ2) is 4.10. The van der Waals surface area contributed by atoms with E-state index in [9.17, 15) is 8.78 Å². The molecule has 0 unspecified atom stereocenters. The molecule has 1 rings (SSSR count). The second-order valence-corrected chi connectivity index (χ2v) is 5.42. The maximum Gasteiger partial charge on any atom is 0.357 e. The van der Waals surface area contributed by atoms with Crippen LogP contribution in [-0.2, 0) is 11.3 Å². The molecule has 0 aliphatic carbocycles. The van der Waals surface area contributed by atoms with Crippen molar-refractivity contribution in [1.82, 2.24) is 0 Å². The van der Waals surface area contributed by atoms with Crippen molar-refractivity contribution in [3.05, 3.63) is 34.4 Å². The van der Waals surface area contributed by atoms with E-state index >= 15 is 0 Å². The molecule has 0 saturated heterocycles. The van der Waals surface area contributed by atoms with Gasteiger partial charge in [-0.15, -0.1) is 0 Å². The van der Waals surface area contributed by atoms with E-state index in [1.54, 1.807) is 26.0 Å². The summed E-state index contributed by atoms with van der Waals surface area (Å²) in [5, 5.41) is 8.53. The van der Waals surface area contributed by atoms with Crippen molar-refractivity contribution in [2.45, 2.75) is 46.0 Å². The average molecular weight is 237 g/mol. The van der Waals surface area contributed by atoms with Gasteiger partial charge in [-0.25, -0.2) is 0 Å². The van der Waals surface area contributed by atoms with Gasteiger partial charge in [0.2, 0.25) is 0 Å². The van der Waals surface area contributed by atoms with Crippen molar-refractivity contribution in [2.24, 2.45) is 0 Å². The molecule has 0 N–H and O–H groups in total. The minimum absolute atomic E-state index is 0.0873. The molecule has 1 aromatic carbocycles. The lowest BCUT2D eigenvalue weighted by Crippen LogP contribution is -2.17. The van der Waals surface area contributed by atoms with Gasteiger partial charge in [0.15, 0.2) is 0 Å². The van der Waals surface area contributed by atoms with Crippen molar-refractivity contribution in [1.29, 1.82) is 5.26 Å². The fraction of sp³-hybridized carbons (Fsp3) is 0.500. The molecule has 0 radical (unpaired) electrons. The average Bonchev–Trinajstić information content (AvgIpc) is 2.14. The first-order valence-corrected chi connectivity index (χ1v) is 5.51. The summed E-state index contributed by atoms with van der Waals surface area (Å²) in [5.41, 5.74) is 1.71. The molecule has 1 nitrogen and oxygen atoms in total. The van der Waals surface area contributed by atoms with E-state index in [1.165, 1.54) is 0 Å². The molecule has 0 aliphatic rings. The third kappa shape index (κ3) is 2.63. The van der Waals surface area contributed by atoms with Crippen LogP contribution in [0.15, 0.2) is 12.1 Å². The van der Waals surface area contributed by atoms with E-state index in [4.69, 9.17) is 5.26 Å². The minimum atomic E-state index is -3.41. The molecule has 92 valence electrons. The Labute approximate surface area is 101 Å². The summed E-state index contributed by atoms with van der Waals surface area (Å²) in [6.45, 7) is 9.35. The molecule has 0 heterocycles. The van der Waals surface area contributed by atoms with Crippen LogP contribution >= 0.6 is 0 Å². The standard InChI is InChI=1S/C14H17F2N/c1-9-6-11(13(3,4)5)7-10(2)12(9)14(15,16)8-17/h6-7H,1-5H3. The summed E-state index contributed by atoms with van der Waals surface area (Å²) < 4.78 is 26.9. The summed E-state index contributed by atoms with van der Waals surface area (Å²) >= 11 is 0. The van der Waals surface area contributed by atoms with Crippen LogP contribution in [0.2, 0.25) is 0 Å². The van der Waals surface area contributed by atoms with Crippen LogP contribution in [0.25, 0.3) is 0 Å². The molecular formula is C14H17F2N. The van der Waals surface area contributed by atoms with Crippen molar-refractivity contribution in [2.75, 3.05) is 0 Å². The van der Waals surface area contributed by atoms with Crippen molar-refractivity contribution >= 4 is 0 Å². The van der Waals surface area contributed by atoms with E-state index in [-0.39, 0.29) is 11.0 Å². The largest absolute Gasteiger partial charge is 0.357 e. The van der Waals surface area contributed by atoms with Crippen LogP contribution in [0.4, 0.5) is 8.78 Å². The molecule has 0 saturated carbocycles. The zero-order valence-electron chi connectivity index (χ0n) is 10.9. The summed E-state index contributed by atoms with van der Waals surface area (Å²) in [4.78, 5) is 0. The monoisotopic (exact) mass is 237 g/mol. The number of alkyl halides is 2. The molecule has 0 aromatic heterocycles. The zero-order valence-corrected chi connectivity index (χ0v) is 10.9. The Hall–Kier alpha value is -1.43. The molecular weight excluding hydrogens is 220 g/mol. The van der Waals surface area contributed by atoms with Gasteiger partial charge in [0.1, 0.15) is 6.07 Å².